The van der Waals surface area contributed by atoms with Gasteiger partial charge in [-0.15, -0.1) is 0 Å². The predicted molar refractivity (Wildman–Crippen MR) is 79.1 cm³/mol. The maximum atomic E-state index is 10.7. The molecule has 110 valence electrons. The van der Waals surface area contributed by atoms with Crippen LogP contribution in [0.2, 0.25) is 5.02 Å². The molecule has 1 heterocycles. The van der Waals surface area contributed by atoms with Gasteiger partial charge in [-0.25, -0.2) is 4.98 Å². The fraction of sp³-hybridized carbons (Fsp3) is 0.231. The molecule has 0 aliphatic heterocycles. The minimum absolute atomic E-state index is 0.0976. The molecule has 7 nitrogen and oxygen atoms in total. The van der Waals surface area contributed by atoms with Crippen LogP contribution in [0.15, 0.2) is 24.3 Å². The van der Waals surface area contributed by atoms with E-state index in [4.69, 9.17) is 16.3 Å². The molecule has 2 aromatic rings. The van der Waals surface area contributed by atoms with Gasteiger partial charge in [0.25, 0.3) is 5.69 Å². The number of nitro benzene ring substituents is 1. The lowest BCUT2D eigenvalue weighted by Gasteiger charge is -2.09. The number of benzene rings is 1. The van der Waals surface area contributed by atoms with Crippen LogP contribution < -0.4 is 10.1 Å². The normalized spacial score (nSPS) is 10.2. The van der Waals surface area contributed by atoms with Crippen LogP contribution in [-0.2, 0) is 0 Å². The van der Waals surface area contributed by atoms with Crippen molar-refractivity contribution in [2.75, 3.05) is 11.9 Å². The summed E-state index contributed by atoms with van der Waals surface area (Å²) < 4.78 is 5.57. The third kappa shape index (κ3) is 3.79. The summed E-state index contributed by atoms with van der Waals surface area (Å²) in [5.41, 5.74) is -0.0976. The molecular weight excluding hydrogens is 296 g/mol. The molecule has 8 heteroatoms. The molecule has 1 aromatic carbocycles. The van der Waals surface area contributed by atoms with Crippen molar-refractivity contribution in [1.82, 2.24) is 9.97 Å². The SMILES string of the molecule is CCNc1cc(Oc2ccc([N+](=O)[O-])cc2Cl)nc(C)n1. The van der Waals surface area contributed by atoms with E-state index in [-0.39, 0.29) is 10.7 Å². The smallest absolute Gasteiger partial charge is 0.271 e. The lowest BCUT2D eigenvalue weighted by molar-refractivity contribution is -0.384. The molecule has 21 heavy (non-hydrogen) atoms. The van der Waals surface area contributed by atoms with Crippen molar-refractivity contribution >= 4 is 23.1 Å². The summed E-state index contributed by atoms with van der Waals surface area (Å²) in [5.74, 6) is 1.79. The number of nitro groups is 1. The lowest BCUT2D eigenvalue weighted by atomic mass is 10.3. The van der Waals surface area contributed by atoms with E-state index in [1.807, 2.05) is 6.92 Å². The van der Waals surface area contributed by atoms with Crippen LogP contribution >= 0.6 is 11.6 Å². The van der Waals surface area contributed by atoms with Crippen molar-refractivity contribution in [3.05, 3.63) is 45.2 Å². The summed E-state index contributed by atoms with van der Waals surface area (Å²) in [7, 11) is 0. The largest absolute Gasteiger partial charge is 0.437 e. The number of ether oxygens (including phenoxy) is 1. The molecule has 0 aliphatic carbocycles. The molecule has 0 aliphatic rings. The number of aromatic nitrogens is 2. The lowest BCUT2D eigenvalue weighted by Crippen LogP contribution is -2.02. The van der Waals surface area contributed by atoms with Crippen molar-refractivity contribution in [2.45, 2.75) is 13.8 Å². The summed E-state index contributed by atoms with van der Waals surface area (Å²) in [4.78, 5) is 18.5. The van der Waals surface area contributed by atoms with Gasteiger partial charge >= 0.3 is 0 Å². The molecule has 0 spiro atoms. The minimum atomic E-state index is -0.520. The maximum absolute atomic E-state index is 10.7. The zero-order valence-electron chi connectivity index (χ0n) is 11.5. The van der Waals surface area contributed by atoms with Crippen molar-refractivity contribution < 1.29 is 9.66 Å². The van der Waals surface area contributed by atoms with Gasteiger partial charge in [0, 0.05) is 24.7 Å². The standard InChI is InChI=1S/C13H13ClN4O3/c1-3-15-12-7-13(17-8(2)16-12)21-11-5-4-9(18(19)20)6-10(11)14/h4-7H,3H2,1-2H3,(H,15,16,17). The zero-order valence-corrected chi connectivity index (χ0v) is 12.2. The molecule has 1 N–H and O–H groups in total. The van der Waals surface area contributed by atoms with Gasteiger partial charge in [0.1, 0.15) is 17.4 Å². The van der Waals surface area contributed by atoms with Crippen LogP contribution in [0.5, 0.6) is 11.6 Å². The Morgan fingerprint density at radius 3 is 2.76 bits per heavy atom. The monoisotopic (exact) mass is 308 g/mol. The maximum Gasteiger partial charge on any atom is 0.271 e. The van der Waals surface area contributed by atoms with Crippen LogP contribution in [0.3, 0.4) is 0 Å². The first-order valence-electron chi connectivity index (χ1n) is 6.21. The van der Waals surface area contributed by atoms with Crippen LogP contribution in [0.25, 0.3) is 0 Å². The van der Waals surface area contributed by atoms with Crippen LogP contribution in [-0.4, -0.2) is 21.4 Å². The van der Waals surface area contributed by atoms with E-state index < -0.39 is 4.92 Å². The Morgan fingerprint density at radius 2 is 2.14 bits per heavy atom. The summed E-state index contributed by atoms with van der Waals surface area (Å²) in [6.45, 7) is 4.41. The Balaban J connectivity index is 2.27. The highest BCUT2D eigenvalue weighted by molar-refractivity contribution is 6.32. The molecule has 0 amide bonds. The third-order valence-corrected chi connectivity index (χ3v) is 2.81. The summed E-state index contributed by atoms with van der Waals surface area (Å²) >= 11 is 5.98. The number of halogens is 1. The van der Waals surface area contributed by atoms with Crippen molar-refractivity contribution in [3.63, 3.8) is 0 Å². The second kappa shape index (κ2) is 6.36. The van der Waals surface area contributed by atoms with Gasteiger partial charge in [0.15, 0.2) is 0 Å². The molecular formula is C13H13ClN4O3. The first-order chi connectivity index (χ1) is 9.99. The van der Waals surface area contributed by atoms with E-state index in [0.717, 1.165) is 0 Å². The van der Waals surface area contributed by atoms with Gasteiger partial charge in [-0.2, -0.15) is 4.98 Å². The van der Waals surface area contributed by atoms with E-state index >= 15 is 0 Å². The Morgan fingerprint density at radius 1 is 1.38 bits per heavy atom. The van der Waals surface area contributed by atoms with Gasteiger partial charge in [0.2, 0.25) is 5.88 Å². The van der Waals surface area contributed by atoms with Crippen molar-refractivity contribution in [2.24, 2.45) is 0 Å². The van der Waals surface area contributed by atoms with Crippen molar-refractivity contribution in [1.29, 1.82) is 0 Å². The third-order valence-electron chi connectivity index (χ3n) is 2.51. The predicted octanol–water partition coefficient (Wildman–Crippen LogP) is 3.57. The van der Waals surface area contributed by atoms with E-state index in [9.17, 15) is 10.1 Å². The Kier molecular flexibility index (Phi) is 4.54. The van der Waals surface area contributed by atoms with Crippen LogP contribution in [0, 0.1) is 17.0 Å². The second-order valence-electron chi connectivity index (χ2n) is 4.14. The van der Waals surface area contributed by atoms with E-state index in [0.29, 0.717) is 29.8 Å². The molecule has 0 atom stereocenters. The minimum Gasteiger partial charge on any atom is -0.437 e. The zero-order chi connectivity index (χ0) is 15.4. The Hall–Kier alpha value is -2.41. The first-order valence-corrected chi connectivity index (χ1v) is 6.58. The van der Waals surface area contributed by atoms with Gasteiger partial charge in [-0.3, -0.25) is 10.1 Å². The fourth-order valence-electron chi connectivity index (χ4n) is 1.66. The number of anilines is 1. The van der Waals surface area contributed by atoms with Gasteiger partial charge in [0.05, 0.1) is 9.95 Å². The van der Waals surface area contributed by atoms with E-state index in [1.165, 1.54) is 18.2 Å². The molecule has 0 fully saturated rings. The van der Waals surface area contributed by atoms with Gasteiger partial charge in [-0.1, -0.05) is 11.6 Å². The first kappa shape index (κ1) is 15.0. The summed E-state index contributed by atoms with van der Waals surface area (Å²) in [5, 5.41) is 13.9. The van der Waals surface area contributed by atoms with E-state index in [1.54, 1.807) is 13.0 Å². The number of hydrogen-bond donors (Lipinski definition) is 1. The molecule has 2 rings (SSSR count). The Labute approximate surface area is 126 Å². The number of aryl methyl sites for hydroxylation is 1. The quantitative estimate of drug-likeness (QED) is 0.670. The van der Waals surface area contributed by atoms with Gasteiger partial charge in [-0.05, 0) is 19.9 Å². The number of rotatable bonds is 5. The fourth-order valence-corrected chi connectivity index (χ4v) is 1.88. The molecule has 0 bridgehead atoms. The molecule has 0 radical (unpaired) electrons. The second-order valence-corrected chi connectivity index (χ2v) is 4.55. The average Bonchev–Trinajstić information content (AvgIpc) is 2.40. The highest BCUT2D eigenvalue weighted by atomic mass is 35.5. The van der Waals surface area contributed by atoms with Crippen LogP contribution in [0.4, 0.5) is 11.5 Å². The molecule has 0 saturated carbocycles. The number of hydrogen-bond acceptors (Lipinski definition) is 6. The Bertz CT molecular complexity index is 678. The van der Waals surface area contributed by atoms with Gasteiger partial charge < -0.3 is 10.1 Å². The summed E-state index contributed by atoms with van der Waals surface area (Å²) in [6.07, 6.45) is 0. The van der Waals surface area contributed by atoms with Crippen molar-refractivity contribution in [3.8, 4) is 11.6 Å². The van der Waals surface area contributed by atoms with Crippen LogP contribution in [0.1, 0.15) is 12.7 Å². The molecule has 1 aromatic heterocycles. The number of nitrogens with zero attached hydrogens (tertiary/aromatic N) is 3. The molecule has 0 saturated heterocycles. The number of non-ortho nitro benzene ring substituents is 1. The van der Waals surface area contributed by atoms with E-state index in [2.05, 4.69) is 15.3 Å². The highest BCUT2D eigenvalue weighted by Crippen LogP contribution is 2.32. The average molecular weight is 309 g/mol. The number of nitrogens with one attached hydrogen (secondary N) is 1. The topological polar surface area (TPSA) is 90.2 Å². The highest BCUT2D eigenvalue weighted by Gasteiger charge is 2.12. The summed E-state index contributed by atoms with van der Waals surface area (Å²) in [6, 6.07) is 5.62. The molecule has 0 unspecified atom stereocenters.